The second kappa shape index (κ2) is 6.97. The van der Waals surface area contributed by atoms with E-state index in [4.69, 9.17) is 19.9 Å². The van der Waals surface area contributed by atoms with E-state index in [0.29, 0.717) is 4.70 Å². The van der Waals surface area contributed by atoms with E-state index in [0.717, 1.165) is 15.9 Å². The molecule has 0 aliphatic carbocycles. The van der Waals surface area contributed by atoms with Crippen LogP contribution in [0.5, 0.6) is 0 Å². The van der Waals surface area contributed by atoms with Crippen molar-refractivity contribution in [2.75, 3.05) is 12.3 Å². The van der Waals surface area contributed by atoms with Gasteiger partial charge in [0, 0.05) is 13.8 Å². The molecule has 3 heterocycles. The quantitative estimate of drug-likeness (QED) is 0.639. The van der Waals surface area contributed by atoms with Gasteiger partial charge in [-0.2, -0.15) is 4.98 Å². The maximum atomic E-state index is 12.5. The number of aliphatic hydroxyl groups is 1. The van der Waals surface area contributed by atoms with Gasteiger partial charge in [0.25, 0.3) is 0 Å². The monoisotopic (exact) mass is 384 g/mol. The molecular formula is C14H16N4O7S. The molecule has 0 amide bonds. The number of aliphatic hydroxyl groups excluding tert-OH is 1. The Morgan fingerprint density at radius 2 is 2.00 bits per heavy atom. The Kier molecular flexibility index (Phi) is 4.89. The molecule has 4 atom stereocenters. The van der Waals surface area contributed by atoms with Crippen LogP contribution in [0.2, 0.25) is 0 Å². The summed E-state index contributed by atoms with van der Waals surface area (Å²) in [6.07, 6.45) is -3.00. The molecule has 2 aromatic rings. The molecule has 3 N–H and O–H groups in total. The third kappa shape index (κ3) is 3.25. The van der Waals surface area contributed by atoms with Crippen LogP contribution >= 0.6 is 11.3 Å². The van der Waals surface area contributed by atoms with Crippen LogP contribution in [0.1, 0.15) is 20.1 Å². The summed E-state index contributed by atoms with van der Waals surface area (Å²) in [6, 6.07) is 0. The van der Waals surface area contributed by atoms with Gasteiger partial charge in [0.2, 0.25) is 5.95 Å². The first-order chi connectivity index (χ1) is 12.3. The zero-order valence-corrected chi connectivity index (χ0v) is 14.6. The van der Waals surface area contributed by atoms with Gasteiger partial charge in [0.15, 0.2) is 24.1 Å². The minimum Gasteiger partial charge on any atom is -0.456 e. The van der Waals surface area contributed by atoms with Crippen molar-refractivity contribution in [1.82, 2.24) is 14.5 Å². The van der Waals surface area contributed by atoms with E-state index in [9.17, 15) is 19.5 Å². The van der Waals surface area contributed by atoms with Crippen molar-refractivity contribution in [2.24, 2.45) is 0 Å². The lowest BCUT2D eigenvalue weighted by Crippen LogP contribution is -2.40. The van der Waals surface area contributed by atoms with Crippen LogP contribution in [0.3, 0.4) is 0 Å². The predicted molar refractivity (Wildman–Crippen MR) is 88.2 cm³/mol. The molecule has 11 nitrogen and oxygen atoms in total. The number of rotatable bonds is 4. The van der Waals surface area contributed by atoms with E-state index in [2.05, 4.69) is 9.97 Å². The fourth-order valence-electron chi connectivity index (χ4n) is 2.79. The van der Waals surface area contributed by atoms with E-state index in [1.54, 1.807) is 0 Å². The number of esters is 2. The molecule has 2 unspecified atom stereocenters. The highest BCUT2D eigenvalue weighted by molar-refractivity contribution is 7.16. The fraction of sp³-hybridized carbons (Fsp3) is 0.500. The maximum absolute atomic E-state index is 12.5. The van der Waals surface area contributed by atoms with Crippen LogP contribution in [0.15, 0.2) is 11.0 Å². The Morgan fingerprint density at radius 1 is 1.35 bits per heavy atom. The van der Waals surface area contributed by atoms with Gasteiger partial charge < -0.3 is 25.1 Å². The second-order valence-corrected chi connectivity index (χ2v) is 6.54. The van der Waals surface area contributed by atoms with Crippen LogP contribution in [0, 0.1) is 0 Å². The molecule has 26 heavy (non-hydrogen) atoms. The van der Waals surface area contributed by atoms with Gasteiger partial charge >= 0.3 is 16.8 Å². The van der Waals surface area contributed by atoms with E-state index in [-0.39, 0.29) is 11.6 Å². The molecule has 1 saturated heterocycles. The molecule has 0 aromatic carbocycles. The summed E-state index contributed by atoms with van der Waals surface area (Å²) in [6.45, 7) is 1.83. The number of hydrogen-bond donors (Lipinski definition) is 2. The van der Waals surface area contributed by atoms with Crippen molar-refractivity contribution in [3.05, 3.63) is 15.9 Å². The third-order valence-electron chi connectivity index (χ3n) is 3.70. The number of nitrogens with zero attached hydrogens (tertiary/aromatic N) is 3. The highest BCUT2D eigenvalue weighted by Crippen LogP contribution is 2.35. The molecular weight excluding hydrogens is 368 g/mol. The molecule has 2 aromatic heterocycles. The summed E-state index contributed by atoms with van der Waals surface area (Å²) in [4.78, 5) is 42.8. The minimum atomic E-state index is -1.16. The highest BCUT2D eigenvalue weighted by atomic mass is 32.1. The fourth-order valence-corrected chi connectivity index (χ4v) is 3.61. The van der Waals surface area contributed by atoms with E-state index in [1.165, 1.54) is 20.0 Å². The largest absolute Gasteiger partial charge is 0.456 e. The van der Waals surface area contributed by atoms with Crippen molar-refractivity contribution in [2.45, 2.75) is 38.4 Å². The first-order valence-corrected chi connectivity index (χ1v) is 8.37. The van der Waals surface area contributed by atoms with Crippen LogP contribution in [-0.4, -0.2) is 56.5 Å². The van der Waals surface area contributed by atoms with E-state index in [1.807, 2.05) is 0 Å². The molecule has 1 aliphatic rings. The maximum Gasteiger partial charge on any atom is 0.311 e. The smallest absolute Gasteiger partial charge is 0.311 e. The molecule has 1 aliphatic heterocycles. The average molecular weight is 384 g/mol. The Balaban J connectivity index is 2.11. The Hall–Kier alpha value is -2.57. The zero-order chi connectivity index (χ0) is 19.0. The molecule has 0 radical (unpaired) electrons. The predicted octanol–water partition coefficient (Wildman–Crippen LogP) is -0.812. The van der Waals surface area contributed by atoms with Crippen molar-refractivity contribution < 1.29 is 28.9 Å². The summed E-state index contributed by atoms with van der Waals surface area (Å²) in [5, 5.41) is 9.56. The number of thiazole rings is 1. The van der Waals surface area contributed by atoms with Gasteiger partial charge in [-0.1, -0.05) is 11.3 Å². The minimum absolute atomic E-state index is 0.0543. The Morgan fingerprint density at radius 3 is 2.62 bits per heavy atom. The number of nitrogens with two attached hydrogens (primary N) is 1. The summed E-state index contributed by atoms with van der Waals surface area (Å²) in [7, 11) is 0. The van der Waals surface area contributed by atoms with Crippen molar-refractivity contribution in [3.63, 3.8) is 0 Å². The summed E-state index contributed by atoms with van der Waals surface area (Å²) < 4.78 is 17.7. The van der Waals surface area contributed by atoms with Gasteiger partial charge in [-0.15, -0.1) is 0 Å². The Labute approximate surface area is 150 Å². The molecule has 0 spiro atoms. The Bertz CT molecular complexity index is 910. The van der Waals surface area contributed by atoms with Gasteiger partial charge in [-0.05, 0) is 0 Å². The van der Waals surface area contributed by atoms with Crippen LogP contribution in [0.25, 0.3) is 10.3 Å². The number of ether oxygens (including phenoxy) is 3. The van der Waals surface area contributed by atoms with Gasteiger partial charge in [-0.25, -0.2) is 4.98 Å². The third-order valence-corrected chi connectivity index (χ3v) is 4.58. The van der Waals surface area contributed by atoms with Crippen molar-refractivity contribution in [3.8, 4) is 0 Å². The molecule has 0 bridgehead atoms. The number of carbonyl (C=O) groups is 2. The lowest BCUT2D eigenvalue weighted by atomic mass is 10.1. The van der Waals surface area contributed by atoms with Crippen molar-refractivity contribution >= 4 is 39.6 Å². The number of fused-ring (bicyclic) bond motifs is 1. The number of carbonyl (C=O) groups excluding carboxylic acids is 2. The lowest BCUT2D eigenvalue weighted by molar-refractivity contribution is -0.165. The first-order valence-electron chi connectivity index (χ1n) is 7.56. The van der Waals surface area contributed by atoms with E-state index >= 15 is 0 Å². The highest BCUT2D eigenvalue weighted by Gasteiger charge is 2.50. The second-order valence-electron chi connectivity index (χ2n) is 5.55. The molecule has 0 saturated carbocycles. The topological polar surface area (TPSA) is 156 Å². The molecule has 1 fully saturated rings. The molecule has 3 rings (SSSR count). The van der Waals surface area contributed by atoms with Gasteiger partial charge in [0.05, 0.1) is 17.5 Å². The van der Waals surface area contributed by atoms with Crippen molar-refractivity contribution in [1.29, 1.82) is 0 Å². The average Bonchev–Trinajstić information content (AvgIpc) is 3.03. The number of nitrogen functional groups attached to an aromatic ring is 1. The normalized spacial score (nSPS) is 25.3. The van der Waals surface area contributed by atoms with Crippen LogP contribution < -0.4 is 10.6 Å². The van der Waals surface area contributed by atoms with E-state index < -0.39 is 48.0 Å². The molecule has 140 valence electrons. The zero-order valence-electron chi connectivity index (χ0n) is 13.8. The lowest BCUT2D eigenvalue weighted by Gasteiger charge is -2.23. The van der Waals surface area contributed by atoms with Crippen LogP contribution in [-0.2, 0) is 23.8 Å². The molecule has 12 heteroatoms. The first kappa shape index (κ1) is 18.2. The summed E-state index contributed by atoms with van der Waals surface area (Å²) in [5.41, 5.74) is 5.78. The summed E-state index contributed by atoms with van der Waals surface area (Å²) in [5.74, 6) is -1.37. The summed E-state index contributed by atoms with van der Waals surface area (Å²) >= 11 is 0.855. The number of anilines is 1. The van der Waals surface area contributed by atoms with Gasteiger partial charge in [-0.3, -0.25) is 19.0 Å². The standard InChI is InChI=1S/C14H16N4O7S/c1-5(20)23-9-7(4-19)25-12(10(9)24-6(2)21)18-11-8(26-14(18)22)3-16-13(15)17-11/h3,7,9-10,12,19H,4H2,1-2H3,(H2,15,16,17)/t7-,9?,10?,12-/m1/s1. The van der Waals surface area contributed by atoms with Gasteiger partial charge in [0.1, 0.15) is 6.10 Å². The number of hydrogen-bond acceptors (Lipinski definition) is 11. The SMILES string of the molecule is CC(=O)OC1C(OC(C)=O)[C@@H](CO)O[C@H]1n1c(=O)sc2cnc(N)nc21. The van der Waals surface area contributed by atoms with Crippen LogP contribution in [0.4, 0.5) is 5.95 Å². The number of aromatic nitrogens is 3.